The molecular weight excluding hydrogens is 336 g/mol. The Labute approximate surface area is 148 Å². The van der Waals surface area contributed by atoms with Crippen LogP contribution < -0.4 is 16.4 Å². The van der Waals surface area contributed by atoms with Gasteiger partial charge in [0, 0.05) is 0 Å². The van der Waals surface area contributed by atoms with Crippen molar-refractivity contribution in [3.8, 4) is 0 Å². The molecule has 2 N–H and O–H groups in total. The van der Waals surface area contributed by atoms with E-state index in [2.05, 4.69) is 15.8 Å². The zero-order chi connectivity index (χ0) is 18.8. The number of nitrogens with one attached hydrogen (secondary N) is 2. The summed E-state index contributed by atoms with van der Waals surface area (Å²) < 4.78 is 6.47. The first-order valence-electron chi connectivity index (χ1n) is 7.98. The van der Waals surface area contributed by atoms with Crippen LogP contribution in [0.25, 0.3) is 10.9 Å². The molecule has 2 aromatic heterocycles. The molecule has 134 valence electrons. The summed E-state index contributed by atoms with van der Waals surface area (Å²) >= 11 is 0. The summed E-state index contributed by atoms with van der Waals surface area (Å²) in [5, 5.41) is 0.439. The van der Waals surface area contributed by atoms with Crippen molar-refractivity contribution >= 4 is 22.7 Å². The molecule has 0 fully saturated rings. The zero-order valence-electron chi connectivity index (χ0n) is 14.6. The van der Waals surface area contributed by atoms with Crippen LogP contribution in [0.1, 0.15) is 27.4 Å². The molecule has 2 amide bonds. The van der Waals surface area contributed by atoms with Gasteiger partial charge in [0.2, 0.25) is 0 Å². The Morgan fingerprint density at radius 2 is 1.96 bits per heavy atom. The lowest BCUT2D eigenvalue weighted by Crippen LogP contribution is -2.44. The van der Waals surface area contributed by atoms with E-state index in [1.54, 1.807) is 32.0 Å². The number of nitrogens with zero attached hydrogens (tertiary/aromatic N) is 2. The van der Waals surface area contributed by atoms with E-state index in [1.165, 1.54) is 10.9 Å². The number of aromatic nitrogens is 2. The van der Waals surface area contributed by atoms with Crippen LogP contribution in [0.3, 0.4) is 0 Å². The molecule has 0 aliphatic rings. The van der Waals surface area contributed by atoms with Gasteiger partial charge < -0.3 is 4.42 Å². The van der Waals surface area contributed by atoms with Crippen LogP contribution >= 0.6 is 0 Å². The summed E-state index contributed by atoms with van der Waals surface area (Å²) in [6.45, 7) is 4.98. The number of fused-ring (bicyclic) bond motifs is 1. The highest BCUT2D eigenvalue weighted by molar-refractivity contribution is 5.96. The average molecular weight is 354 g/mol. The fourth-order valence-corrected chi connectivity index (χ4v) is 2.69. The van der Waals surface area contributed by atoms with Gasteiger partial charge in [0.05, 0.1) is 22.8 Å². The van der Waals surface area contributed by atoms with E-state index in [4.69, 9.17) is 4.42 Å². The average Bonchev–Trinajstić information content (AvgIpc) is 2.94. The molecule has 0 aliphatic heterocycles. The topological polar surface area (TPSA) is 106 Å². The summed E-state index contributed by atoms with van der Waals surface area (Å²) in [6.07, 6.45) is 1.32. The van der Waals surface area contributed by atoms with Crippen molar-refractivity contribution in [3.05, 3.63) is 63.6 Å². The number of carbonyl (C=O) groups is 2. The van der Waals surface area contributed by atoms with Gasteiger partial charge in [-0.05, 0) is 38.5 Å². The third kappa shape index (κ3) is 3.34. The normalized spacial score (nSPS) is 10.7. The fraction of sp³-hybridized carbons (Fsp3) is 0.222. The summed E-state index contributed by atoms with van der Waals surface area (Å²) in [7, 11) is 0. The molecule has 0 radical (unpaired) electrons. The van der Waals surface area contributed by atoms with Crippen LogP contribution in [0.5, 0.6) is 0 Å². The van der Waals surface area contributed by atoms with E-state index < -0.39 is 11.8 Å². The second-order valence-corrected chi connectivity index (χ2v) is 5.98. The van der Waals surface area contributed by atoms with Crippen molar-refractivity contribution in [3.63, 3.8) is 0 Å². The summed E-state index contributed by atoms with van der Waals surface area (Å²) in [4.78, 5) is 40.8. The number of aryl methyl sites for hydroxylation is 3. The van der Waals surface area contributed by atoms with E-state index in [0.29, 0.717) is 28.0 Å². The van der Waals surface area contributed by atoms with Gasteiger partial charge in [-0.15, -0.1) is 0 Å². The minimum Gasteiger partial charge on any atom is -0.466 e. The smallest absolute Gasteiger partial charge is 0.273 e. The first-order valence-corrected chi connectivity index (χ1v) is 7.98. The standard InChI is InChI=1S/C18H18N4O4/c1-10-5-4-6-13-16(10)19-9-22(18(13)25)8-15(23)20-21-17(24)14-7-11(2)26-12(14)3/h4-7,9H,8H2,1-3H3,(H,20,23)(H,21,24). The molecule has 0 atom stereocenters. The maximum Gasteiger partial charge on any atom is 0.273 e. The van der Waals surface area contributed by atoms with Gasteiger partial charge >= 0.3 is 0 Å². The lowest BCUT2D eigenvalue weighted by atomic mass is 10.1. The quantitative estimate of drug-likeness (QED) is 0.691. The van der Waals surface area contributed by atoms with Crippen LogP contribution in [0, 0.1) is 20.8 Å². The van der Waals surface area contributed by atoms with Crippen LogP contribution in [0.4, 0.5) is 0 Å². The number of hydrazine groups is 1. The maximum absolute atomic E-state index is 12.5. The minimum atomic E-state index is -0.549. The summed E-state index contributed by atoms with van der Waals surface area (Å²) in [5.41, 5.74) is 6.10. The molecular formula is C18H18N4O4. The minimum absolute atomic E-state index is 0.264. The Kier molecular flexibility index (Phi) is 4.57. The lowest BCUT2D eigenvalue weighted by molar-refractivity contribution is -0.122. The predicted molar refractivity (Wildman–Crippen MR) is 94.5 cm³/mol. The first kappa shape index (κ1) is 17.4. The Morgan fingerprint density at radius 1 is 1.19 bits per heavy atom. The van der Waals surface area contributed by atoms with Crippen molar-refractivity contribution in [1.82, 2.24) is 20.4 Å². The highest BCUT2D eigenvalue weighted by Gasteiger charge is 2.15. The molecule has 1 aromatic carbocycles. The van der Waals surface area contributed by atoms with E-state index >= 15 is 0 Å². The largest absolute Gasteiger partial charge is 0.466 e. The molecule has 3 rings (SSSR count). The van der Waals surface area contributed by atoms with Gasteiger partial charge in [-0.1, -0.05) is 12.1 Å². The molecule has 0 unspecified atom stereocenters. The maximum atomic E-state index is 12.5. The Bertz CT molecular complexity index is 1060. The fourth-order valence-electron chi connectivity index (χ4n) is 2.69. The number of carbonyl (C=O) groups excluding carboxylic acids is 2. The Morgan fingerprint density at radius 3 is 2.65 bits per heavy atom. The van der Waals surface area contributed by atoms with E-state index in [-0.39, 0.29) is 12.1 Å². The van der Waals surface area contributed by atoms with Crippen LogP contribution in [0.15, 0.2) is 39.8 Å². The van der Waals surface area contributed by atoms with Gasteiger partial charge in [0.15, 0.2) is 0 Å². The second-order valence-electron chi connectivity index (χ2n) is 5.98. The van der Waals surface area contributed by atoms with Crippen molar-refractivity contribution in [2.75, 3.05) is 0 Å². The van der Waals surface area contributed by atoms with Crippen molar-refractivity contribution < 1.29 is 14.0 Å². The summed E-state index contributed by atoms with van der Waals surface area (Å²) in [5.74, 6) is 0.0158. The second kappa shape index (κ2) is 6.83. The first-order chi connectivity index (χ1) is 12.4. The number of hydrogen-bond acceptors (Lipinski definition) is 5. The van der Waals surface area contributed by atoms with Gasteiger partial charge in [0.1, 0.15) is 18.1 Å². The molecule has 2 heterocycles. The number of benzene rings is 1. The Hall–Kier alpha value is -3.42. The van der Waals surface area contributed by atoms with Crippen LogP contribution in [0.2, 0.25) is 0 Å². The highest BCUT2D eigenvalue weighted by Crippen LogP contribution is 2.13. The molecule has 3 aromatic rings. The van der Waals surface area contributed by atoms with Crippen molar-refractivity contribution in [1.29, 1.82) is 0 Å². The highest BCUT2D eigenvalue weighted by atomic mass is 16.3. The third-order valence-corrected chi connectivity index (χ3v) is 3.97. The molecule has 0 saturated heterocycles. The molecule has 8 nitrogen and oxygen atoms in total. The van der Waals surface area contributed by atoms with Crippen molar-refractivity contribution in [2.45, 2.75) is 27.3 Å². The lowest BCUT2D eigenvalue weighted by Gasteiger charge is -2.09. The molecule has 0 spiro atoms. The zero-order valence-corrected chi connectivity index (χ0v) is 14.6. The van der Waals surface area contributed by atoms with Gasteiger partial charge in [-0.3, -0.25) is 29.8 Å². The SMILES string of the molecule is Cc1cc(C(=O)NNC(=O)Cn2cnc3c(C)cccc3c2=O)c(C)o1. The number of furan rings is 1. The third-order valence-electron chi connectivity index (χ3n) is 3.97. The van der Waals surface area contributed by atoms with E-state index in [0.717, 1.165) is 5.56 Å². The van der Waals surface area contributed by atoms with Gasteiger partial charge in [-0.25, -0.2) is 4.98 Å². The number of para-hydroxylation sites is 1. The number of rotatable bonds is 3. The van der Waals surface area contributed by atoms with Crippen LogP contribution in [-0.4, -0.2) is 21.4 Å². The summed E-state index contributed by atoms with van der Waals surface area (Å²) in [6, 6.07) is 6.87. The predicted octanol–water partition coefficient (Wildman–Crippen LogP) is 1.38. The van der Waals surface area contributed by atoms with Gasteiger partial charge in [-0.2, -0.15) is 0 Å². The molecule has 26 heavy (non-hydrogen) atoms. The van der Waals surface area contributed by atoms with E-state index in [9.17, 15) is 14.4 Å². The molecule has 8 heteroatoms. The molecule has 0 saturated carbocycles. The van der Waals surface area contributed by atoms with Gasteiger partial charge in [0.25, 0.3) is 17.4 Å². The van der Waals surface area contributed by atoms with Crippen LogP contribution in [-0.2, 0) is 11.3 Å². The number of amides is 2. The number of hydrogen-bond donors (Lipinski definition) is 2. The molecule has 0 bridgehead atoms. The molecule has 0 aliphatic carbocycles. The van der Waals surface area contributed by atoms with E-state index in [1.807, 2.05) is 13.0 Å². The van der Waals surface area contributed by atoms with Crippen molar-refractivity contribution in [2.24, 2.45) is 0 Å². The monoisotopic (exact) mass is 354 g/mol. The Balaban J connectivity index is 1.70.